The van der Waals surface area contributed by atoms with Crippen molar-refractivity contribution in [3.8, 4) is 0 Å². The fraction of sp³-hybridized carbons (Fsp3) is 0.333. The first-order chi connectivity index (χ1) is 8.81. The molecule has 0 radical (unpaired) electrons. The first kappa shape index (κ1) is 13.4. The van der Waals surface area contributed by atoms with Gasteiger partial charge in [-0.15, -0.1) is 0 Å². The Kier molecular flexibility index (Phi) is 5.02. The molecule has 0 saturated heterocycles. The molecule has 0 aliphatic heterocycles. The molecule has 0 bridgehead atoms. The average molecular weight is 308 g/mol. The second-order valence-electron chi connectivity index (χ2n) is 4.36. The van der Waals surface area contributed by atoms with Crippen LogP contribution in [0.4, 0.5) is 0 Å². The van der Waals surface area contributed by atoms with E-state index in [4.69, 9.17) is 4.42 Å². The summed E-state index contributed by atoms with van der Waals surface area (Å²) in [7, 11) is 0. The largest absolute Gasteiger partial charge is 0.472 e. The predicted molar refractivity (Wildman–Crippen MR) is 77.6 cm³/mol. The molecular formula is C15H18BrNO. The van der Waals surface area contributed by atoms with Crippen molar-refractivity contribution < 1.29 is 4.42 Å². The van der Waals surface area contributed by atoms with Crippen molar-refractivity contribution in [3.05, 3.63) is 58.5 Å². The number of nitrogens with one attached hydrogen (secondary N) is 1. The second-order valence-corrected chi connectivity index (χ2v) is 5.21. The molecule has 1 N–H and O–H groups in total. The van der Waals surface area contributed by atoms with Crippen molar-refractivity contribution in [1.29, 1.82) is 0 Å². The van der Waals surface area contributed by atoms with Gasteiger partial charge in [0.05, 0.1) is 12.5 Å². The number of hydrogen-bond acceptors (Lipinski definition) is 2. The van der Waals surface area contributed by atoms with Gasteiger partial charge in [0.15, 0.2) is 0 Å². The zero-order valence-corrected chi connectivity index (χ0v) is 12.1. The lowest BCUT2D eigenvalue weighted by Crippen LogP contribution is -2.23. The lowest BCUT2D eigenvalue weighted by atomic mass is 10.0. The smallest absolute Gasteiger partial charge is 0.0950 e. The summed E-state index contributed by atoms with van der Waals surface area (Å²) in [6, 6.07) is 10.7. The second kappa shape index (κ2) is 6.76. The van der Waals surface area contributed by atoms with Crippen molar-refractivity contribution in [2.45, 2.75) is 25.8 Å². The number of rotatable bonds is 6. The van der Waals surface area contributed by atoms with Crippen molar-refractivity contribution in [3.63, 3.8) is 0 Å². The normalized spacial score (nSPS) is 12.6. The van der Waals surface area contributed by atoms with E-state index < -0.39 is 0 Å². The van der Waals surface area contributed by atoms with Gasteiger partial charge in [-0.1, -0.05) is 41.1 Å². The number of halogens is 1. The van der Waals surface area contributed by atoms with Crippen LogP contribution >= 0.6 is 15.9 Å². The summed E-state index contributed by atoms with van der Waals surface area (Å²) >= 11 is 3.61. The van der Waals surface area contributed by atoms with Crippen LogP contribution in [0.2, 0.25) is 0 Å². The average Bonchev–Trinajstić information content (AvgIpc) is 2.90. The highest BCUT2D eigenvalue weighted by atomic mass is 79.9. The molecule has 18 heavy (non-hydrogen) atoms. The first-order valence-electron chi connectivity index (χ1n) is 6.30. The molecule has 1 aromatic heterocycles. The van der Waals surface area contributed by atoms with Crippen molar-refractivity contribution in [2.75, 3.05) is 6.54 Å². The maximum absolute atomic E-state index is 5.19. The number of hydrogen-bond donors (Lipinski definition) is 1. The molecule has 0 aliphatic rings. The Labute approximate surface area is 117 Å². The minimum Gasteiger partial charge on any atom is -0.472 e. The van der Waals surface area contributed by atoms with Gasteiger partial charge in [-0.3, -0.25) is 0 Å². The minimum atomic E-state index is 0.308. The highest BCUT2D eigenvalue weighted by Gasteiger charge is 2.13. The minimum absolute atomic E-state index is 0.308. The molecule has 3 heteroatoms. The molecule has 2 rings (SSSR count). The fourth-order valence-electron chi connectivity index (χ4n) is 1.98. The van der Waals surface area contributed by atoms with E-state index in [0.717, 1.165) is 23.9 Å². The Morgan fingerprint density at radius 3 is 2.78 bits per heavy atom. The van der Waals surface area contributed by atoms with Crippen LogP contribution in [-0.4, -0.2) is 6.54 Å². The van der Waals surface area contributed by atoms with Crippen molar-refractivity contribution in [2.24, 2.45) is 0 Å². The van der Waals surface area contributed by atoms with E-state index in [1.165, 1.54) is 11.1 Å². The van der Waals surface area contributed by atoms with Crippen LogP contribution in [0.1, 0.15) is 30.5 Å². The molecule has 0 amide bonds. The van der Waals surface area contributed by atoms with E-state index in [0.29, 0.717) is 6.04 Å². The molecule has 0 spiro atoms. The van der Waals surface area contributed by atoms with Gasteiger partial charge in [-0.2, -0.15) is 0 Å². The summed E-state index contributed by atoms with van der Waals surface area (Å²) in [5, 5.41) is 3.57. The van der Waals surface area contributed by atoms with Gasteiger partial charge in [0, 0.05) is 16.1 Å². The lowest BCUT2D eigenvalue weighted by Gasteiger charge is -2.18. The van der Waals surface area contributed by atoms with Crippen LogP contribution in [0.15, 0.2) is 51.7 Å². The van der Waals surface area contributed by atoms with Crippen molar-refractivity contribution >= 4 is 15.9 Å². The SMILES string of the molecule is CCCNC(Cc1ccccc1Br)c1ccoc1. The Balaban J connectivity index is 2.13. The Bertz CT molecular complexity index is 467. The standard InChI is InChI=1S/C15H18BrNO/c1-2-8-17-15(13-7-9-18-11-13)10-12-5-3-4-6-14(12)16/h3-7,9,11,15,17H,2,8,10H2,1H3. The third-order valence-electron chi connectivity index (χ3n) is 2.97. The number of benzene rings is 1. The van der Waals surface area contributed by atoms with Crippen LogP contribution in [0.25, 0.3) is 0 Å². The van der Waals surface area contributed by atoms with E-state index in [1.807, 2.05) is 18.4 Å². The molecule has 1 atom stereocenters. The maximum atomic E-state index is 5.19. The van der Waals surface area contributed by atoms with Gasteiger partial charge >= 0.3 is 0 Å². The van der Waals surface area contributed by atoms with E-state index in [-0.39, 0.29) is 0 Å². The quantitative estimate of drug-likeness (QED) is 0.859. The fourth-order valence-corrected chi connectivity index (χ4v) is 2.43. The van der Waals surface area contributed by atoms with E-state index >= 15 is 0 Å². The zero-order chi connectivity index (χ0) is 12.8. The topological polar surface area (TPSA) is 25.2 Å². The molecule has 0 fully saturated rings. The molecule has 2 aromatic rings. The van der Waals surface area contributed by atoms with Crippen LogP contribution in [0, 0.1) is 0 Å². The van der Waals surface area contributed by atoms with Crippen molar-refractivity contribution in [1.82, 2.24) is 5.32 Å². The van der Waals surface area contributed by atoms with Crippen LogP contribution in [0.3, 0.4) is 0 Å². The summed E-state index contributed by atoms with van der Waals surface area (Å²) in [6.07, 6.45) is 5.64. The summed E-state index contributed by atoms with van der Waals surface area (Å²) in [5.74, 6) is 0. The highest BCUT2D eigenvalue weighted by Crippen LogP contribution is 2.24. The van der Waals surface area contributed by atoms with Gasteiger partial charge in [0.1, 0.15) is 0 Å². The molecular weight excluding hydrogens is 290 g/mol. The third-order valence-corrected chi connectivity index (χ3v) is 3.74. The van der Waals surface area contributed by atoms with Gasteiger partial charge in [0.2, 0.25) is 0 Å². The van der Waals surface area contributed by atoms with Gasteiger partial charge in [-0.05, 0) is 37.1 Å². The van der Waals surface area contributed by atoms with E-state index in [2.05, 4.69) is 46.4 Å². The third kappa shape index (κ3) is 3.47. The summed E-state index contributed by atoms with van der Waals surface area (Å²) in [6.45, 7) is 3.19. The highest BCUT2D eigenvalue weighted by molar-refractivity contribution is 9.10. The first-order valence-corrected chi connectivity index (χ1v) is 7.09. The Morgan fingerprint density at radius 1 is 1.28 bits per heavy atom. The number of furan rings is 1. The molecule has 1 heterocycles. The molecule has 0 aliphatic carbocycles. The zero-order valence-electron chi connectivity index (χ0n) is 10.5. The molecule has 2 nitrogen and oxygen atoms in total. The Morgan fingerprint density at radius 2 is 2.11 bits per heavy atom. The Hall–Kier alpha value is -1.06. The van der Waals surface area contributed by atoms with Gasteiger partial charge in [-0.25, -0.2) is 0 Å². The van der Waals surface area contributed by atoms with Crippen LogP contribution < -0.4 is 5.32 Å². The summed E-state index contributed by atoms with van der Waals surface area (Å²) < 4.78 is 6.36. The van der Waals surface area contributed by atoms with E-state index in [9.17, 15) is 0 Å². The summed E-state index contributed by atoms with van der Waals surface area (Å²) in [5.41, 5.74) is 2.52. The maximum Gasteiger partial charge on any atom is 0.0950 e. The van der Waals surface area contributed by atoms with Gasteiger partial charge in [0.25, 0.3) is 0 Å². The molecule has 1 aromatic carbocycles. The van der Waals surface area contributed by atoms with Crippen LogP contribution in [0.5, 0.6) is 0 Å². The summed E-state index contributed by atoms with van der Waals surface area (Å²) in [4.78, 5) is 0. The molecule has 96 valence electrons. The van der Waals surface area contributed by atoms with Gasteiger partial charge < -0.3 is 9.73 Å². The molecule has 1 unspecified atom stereocenters. The van der Waals surface area contributed by atoms with Crippen LogP contribution in [-0.2, 0) is 6.42 Å². The lowest BCUT2D eigenvalue weighted by molar-refractivity contribution is 0.512. The predicted octanol–water partition coefficient (Wildman–Crippen LogP) is 4.33. The molecule has 0 saturated carbocycles. The van der Waals surface area contributed by atoms with E-state index in [1.54, 1.807) is 6.26 Å². The monoisotopic (exact) mass is 307 g/mol.